The van der Waals surface area contributed by atoms with Gasteiger partial charge in [0.05, 0.1) is 6.54 Å². The van der Waals surface area contributed by atoms with Crippen molar-refractivity contribution in [3.8, 4) is 0 Å². The monoisotopic (exact) mass is 296 g/mol. The Morgan fingerprint density at radius 2 is 2.00 bits per heavy atom. The van der Waals surface area contributed by atoms with E-state index in [9.17, 15) is 4.79 Å². The molecular weight excluding hydrogens is 276 g/mol. The summed E-state index contributed by atoms with van der Waals surface area (Å²) in [5, 5.41) is 0.444. The molecule has 0 atom stereocenters. The van der Waals surface area contributed by atoms with Crippen molar-refractivity contribution in [2.75, 3.05) is 31.6 Å². The first kappa shape index (κ1) is 15.0. The van der Waals surface area contributed by atoms with Crippen LogP contribution >= 0.6 is 11.6 Å². The minimum Gasteiger partial charge on any atom is -0.350 e. The summed E-state index contributed by atoms with van der Waals surface area (Å²) in [6.07, 6.45) is 2.25. The Labute approximate surface area is 124 Å². The van der Waals surface area contributed by atoms with Crippen LogP contribution in [0.2, 0.25) is 5.15 Å². The SMILES string of the molecule is CCN(CC)C(=O)CN(C)c1cc(Cl)nc(C2CC2)n1. The maximum absolute atomic E-state index is 12.1. The Morgan fingerprint density at radius 3 is 2.55 bits per heavy atom. The quantitative estimate of drug-likeness (QED) is 0.756. The first-order valence-electron chi connectivity index (χ1n) is 7.08. The molecule has 0 aliphatic heterocycles. The summed E-state index contributed by atoms with van der Waals surface area (Å²) in [6.45, 7) is 5.71. The normalized spacial score (nSPS) is 14.2. The van der Waals surface area contributed by atoms with Crippen molar-refractivity contribution in [1.82, 2.24) is 14.9 Å². The van der Waals surface area contributed by atoms with Gasteiger partial charge in [-0.05, 0) is 26.7 Å². The fraction of sp³-hybridized carbons (Fsp3) is 0.643. The number of hydrogen-bond donors (Lipinski definition) is 0. The van der Waals surface area contributed by atoms with Gasteiger partial charge in [0, 0.05) is 32.1 Å². The zero-order chi connectivity index (χ0) is 14.7. The van der Waals surface area contributed by atoms with Crippen LogP contribution in [0.4, 0.5) is 5.82 Å². The second-order valence-electron chi connectivity index (χ2n) is 5.10. The summed E-state index contributed by atoms with van der Waals surface area (Å²) >= 11 is 6.05. The molecule has 1 saturated carbocycles. The van der Waals surface area contributed by atoms with E-state index >= 15 is 0 Å². The molecule has 1 aliphatic carbocycles. The molecule has 1 amide bonds. The summed E-state index contributed by atoms with van der Waals surface area (Å²) in [4.78, 5) is 24.5. The summed E-state index contributed by atoms with van der Waals surface area (Å²) < 4.78 is 0. The van der Waals surface area contributed by atoms with Gasteiger partial charge in [-0.1, -0.05) is 11.6 Å². The van der Waals surface area contributed by atoms with Gasteiger partial charge in [-0.25, -0.2) is 9.97 Å². The molecule has 1 aromatic heterocycles. The number of nitrogens with zero attached hydrogens (tertiary/aromatic N) is 4. The van der Waals surface area contributed by atoms with Crippen LogP contribution in [0.5, 0.6) is 0 Å². The van der Waals surface area contributed by atoms with E-state index in [1.807, 2.05) is 25.8 Å². The van der Waals surface area contributed by atoms with Crippen LogP contribution in [-0.2, 0) is 4.79 Å². The summed E-state index contributed by atoms with van der Waals surface area (Å²) in [7, 11) is 1.86. The molecular formula is C14H21ClN4O. The Hall–Kier alpha value is -1.36. The molecule has 1 heterocycles. The highest BCUT2D eigenvalue weighted by atomic mass is 35.5. The number of likely N-dealkylation sites (N-methyl/N-ethyl adjacent to an activating group) is 2. The number of hydrogen-bond acceptors (Lipinski definition) is 4. The Kier molecular flexibility index (Phi) is 4.81. The molecule has 0 spiro atoms. The molecule has 0 unspecified atom stereocenters. The van der Waals surface area contributed by atoms with Gasteiger partial charge in [0.15, 0.2) is 0 Å². The third-order valence-corrected chi connectivity index (χ3v) is 3.71. The highest BCUT2D eigenvalue weighted by Crippen LogP contribution is 2.39. The molecule has 6 heteroatoms. The fourth-order valence-corrected chi connectivity index (χ4v) is 2.29. The van der Waals surface area contributed by atoms with E-state index in [1.54, 1.807) is 11.0 Å². The lowest BCUT2D eigenvalue weighted by Gasteiger charge is -2.24. The molecule has 1 aromatic rings. The number of rotatable bonds is 6. The van der Waals surface area contributed by atoms with E-state index in [-0.39, 0.29) is 5.91 Å². The molecule has 1 fully saturated rings. The van der Waals surface area contributed by atoms with E-state index < -0.39 is 0 Å². The molecule has 0 bridgehead atoms. The molecule has 0 radical (unpaired) electrons. The zero-order valence-electron chi connectivity index (χ0n) is 12.3. The number of amides is 1. The molecule has 1 aliphatic rings. The van der Waals surface area contributed by atoms with E-state index in [0.717, 1.165) is 31.8 Å². The second kappa shape index (κ2) is 6.39. The van der Waals surface area contributed by atoms with Crippen LogP contribution in [0, 0.1) is 0 Å². The van der Waals surface area contributed by atoms with Crippen molar-refractivity contribution in [2.45, 2.75) is 32.6 Å². The average Bonchev–Trinajstić information content (AvgIpc) is 3.23. The Morgan fingerprint density at radius 1 is 1.35 bits per heavy atom. The van der Waals surface area contributed by atoms with E-state index in [4.69, 9.17) is 11.6 Å². The van der Waals surface area contributed by atoms with Gasteiger partial charge in [-0.15, -0.1) is 0 Å². The van der Waals surface area contributed by atoms with Gasteiger partial charge in [0.1, 0.15) is 16.8 Å². The topological polar surface area (TPSA) is 49.3 Å². The summed E-state index contributed by atoms with van der Waals surface area (Å²) in [6, 6.07) is 1.71. The minimum atomic E-state index is 0.0974. The van der Waals surface area contributed by atoms with Crippen molar-refractivity contribution >= 4 is 23.3 Å². The first-order chi connectivity index (χ1) is 9.55. The zero-order valence-corrected chi connectivity index (χ0v) is 13.0. The largest absolute Gasteiger partial charge is 0.350 e. The number of aromatic nitrogens is 2. The smallest absolute Gasteiger partial charge is 0.242 e. The number of halogens is 1. The van der Waals surface area contributed by atoms with Gasteiger partial charge in [-0.2, -0.15) is 0 Å². The van der Waals surface area contributed by atoms with Crippen LogP contribution in [0.25, 0.3) is 0 Å². The molecule has 0 aromatic carbocycles. The molecule has 0 N–H and O–H groups in total. The van der Waals surface area contributed by atoms with Crippen molar-refractivity contribution in [1.29, 1.82) is 0 Å². The molecule has 2 rings (SSSR count). The lowest BCUT2D eigenvalue weighted by Crippen LogP contribution is -2.39. The molecule has 20 heavy (non-hydrogen) atoms. The summed E-state index contributed by atoms with van der Waals surface area (Å²) in [5.41, 5.74) is 0. The average molecular weight is 297 g/mol. The van der Waals surface area contributed by atoms with Gasteiger partial charge in [-0.3, -0.25) is 4.79 Å². The van der Waals surface area contributed by atoms with Crippen molar-refractivity contribution in [3.63, 3.8) is 0 Å². The lowest BCUT2D eigenvalue weighted by atomic mass is 10.3. The predicted octanol–water partition coefficient (Wildman–Crippen LogP) is 2.31. The fourth-order valence-electron chi connectivity index (χ4n) is 2.10. The predicted molar refractivity (Wildman–Crippen MR) is 80.2 cm³/mol. The van der Waals surface area contributed by atoms with E-state index in [0.29, 0.717) is 23.4 Å². The highest BCUT2D eigenvalue weighted by molar-refractivity contribution is 6.29. The first-order valence-corrected chi connectivity index (χ1v) is 7.46. The second-order valence-corrected chi connectivity index (χ2v) is 5.49. The van der Waals surface area contributed by atoms with E-state index in [1.165, 1.54) is 0 Å². The standard InChI is InChI=1S/C14H21ClN4O/c1-4-19(5-2)13(20)9-18(3)12-8-11(15)16-14(17-12)10-6-7-10/h8,10H,4-7,9H2,1-3H3. The van der Waals surface area contributed by atoms with Crippen LogP contribution < -0.4 is 4.90 Å². The molecule has 110 valence electrons. The van der Waals surface area contributed by atoms with Crippen LogP contribution in [0.3, 0.4) is 0 Å². The van der Waals surface area contributed by atoms with Gasteiger partial charge < -0.3 is 9.80 Å². The van der Waals surface area contributed by atoms with Crippen molar-refractivity contribution in [3.05, 3.63) is 17.0 Å². The molecule has 0 saturated heterocycles. The maximum atomic E-state index is 12.1. The third-order valence-electron chi connectivity index (χ3n) is 3.52. The van der Waals surface area contributed by atoms with Gasteiger partial charge >= 0.3 is 0 Å². The maximum Gasteiger partial charge on any atom is 0.242 e. The number of carbonyl (C=O) groups excluding carboxylic acids is 1. The summed E-state index contributed by atoms with van der Waals surface area (Å²) in [5.74, 6) is 2.06. The number of anilines is 1. The van der Waals surface area contributed by atoms with Crippen LogP contribution in [-0.4, -0.2) is 47.5 Å². The van der Waals surface area contributed by atoms with Gasteiger partial charge in [0.2, 0.25) is 5.91 Å². The highest BCUT2D eigenvalue weighted by Gasteiger charge is 2.27. The Balaban J connectivity index is 2.08. The lowest BCUT2D eigenvalue weighted by molar-refractivity contribution is -0.129. The number of carbonyl (C=O) groups is 1. The van der Waals surface area contributed by atoms with Crippen LogP contribution in [0.15, 0.2) is 6.07 Å². The van der Waals surface area contributed by atoms with Crippen LogP contribution in [0.1, 0.15) is 38.4 Å². The molecule has 5 nitrogen and oxygen atoms in total. The minimum absolute atomic E-state index is 0.0974. The van der Waals surface area contributed by atoms with E-state index in [2.05, 4.69) is 9.97 Å². The van der Waals surface area contributed by atoms with Gasteiger partial charge in [0.25, 0.3) is 0 Å². The van der Waals surface area contributed by atoms with Crippen molar-refractivity contribution < 1.29 is 4.79 Å². The third kappa shape index (κ3) is 3.60. The Bertz CT molecular complexity index is 486. The van der Waals surface area contributed by atoms with Crippen molar-refractivity contribution in [2.24, 2.45) is 0 Å².